The number of benzene rings is 2. The SMILES string of the molecule is CCC(C)N(Cc1ccccc1)S(=O)(=O)c1ccccc1. The van der Waals surface area contributed by atoms with Crippen molar-refractivity contribution in [2.75, 3.05) is 0 Å². The van der Waals surface area contributed by atoms with Crippen LogP contribution in [-0.2, 0) is 16.6 Å². The van der Waals surface area contributed by atoms with Gasteiger partial charge in [-0.3, -0.25) is 0 Å². The average molecular weight is 303 g/mol. The average Bonchev–Trinajstić information content (AvgIpc) is 2.53. The Kier molecular flexibility index (Phi) is 5.15. The minimum absolute atomic E-state index is 0.0459. The lowest BCUT2D eigenvalue weighted by Gasteiger charge is -2.27. The van der Waals surface area contributed by atoms with E-state index in [0.717, 1.165) is 12.0 Å². The zero-order valence-electron chi connectivity index (χ0n) is 12.4. The highest BCUT2D eigenvalue weighted by Crippen LogP contribution is 2.22. The van der Waals surface area contributed by atoms with Gasteiger partial charge in [0.15, 0.2) is 0 Å². The molecule has 0 spiro atoms. The number of hydrogen-bond donors (Lipinski definition) is 0. The molecule has 0 N–H and O–H groups in total. The molecular formula is C17H21NO2S. The Bertz CT molecular complexity index is 654. The molecule has 0 aliphatic heterocycles. The molecule has 0 heterocycles. The maximum absolute atomic E-state index is 12.9. The molecule has 2 aromatic carbocycles. The second-order valence-corrected chi connectivity index (χ2v) is 7.00. The van der Waals surface area contributed by atoms with Crippen LogP contribution in [0, 0.1) is 0 Å². The molecule has 2 aromatic rings. The first kappa shape index (κ1) is 15.7. The molecule has 0 bridgehead atoms. The van der Waals surface area contributed by atoms with E-state index >= 15 is 0 Å². The normalized spacial score (nSPS) is 13.3. The summed E-state index contributed by atoms with van der Waals surface area (Å²) in [6, 6.07) is 18.3. The maximum atomic E-state index is 12.9. The fourth-order valence-corrected chi connectivity index (χ4v) is 3.89. The third-order valence-electron chi connectivity index (χ3n) is 3.61. The molecular weight excluding hydrogens is 282 g/mol. The largest absolute Gasteiger partial charge is 0.243 e. The molecule has 112 valence electrons. The summed E-state index contributed by atoms with van der Waals surface area (Å²) in [7, 11) is -3.48. The van der Waals surface area contributed by atoms with E-state index in [2.05, 4.69) is 0 Å². The van der Waals surface area contributed by atoms with Gasteiger partial charge in [0.25, 0.3) is 0 Å². The standard InChI is InChI=1S/C17H21NO2S/c1-3-15(2)18(14-16-10-6-4-7-11-16)21(19,20)17-12-8-5-9-13-17/h4-13,15H,3,14H2,1-2H3. The summed E-state index contributed by atoms with van der Waals surface area (Å²) in [5.41, 5.74) is 0.998. The Balaban J connectivity index is 2.37. The summed E-state index contributed by atoms with van der Waals surface area (Å²) in [4.78, 5) is 0.348. The zero-order valence-corrected chi connectivity index (χ0v) is 13.3. The summed E-state index contributed by atoms with van der Waals surface area (Å²) >= 11 is 0. The van der Waals surface area contributed by atoms with Gasteiger partial charge in [-0.25, -0.2) is 8.42 Å². The quantitative estimate of drug-likeness (QED) is 0.816. The van der Waals surface area contributed by atoms with Crippen LogP contribution in [-0.4, -0.2) is 18.8 Å². The van der Waals surface area contributed by atoms with Crippen molar-refractivity contribution < 1.29 is 8.42 Å². The molecule has 0 aliphatic carbocycles. The minimum Gasteiger partial charge on any atom is -0.207 e. The predicted octanol–water partition coefficient (Wildman–Crippen LogP) is 3.68. The molecule has 0 saturated heterocycles. The van der Waals surface area contributed by atoms with E-state index in [0.29, 0.717) is 11.4 Å². The van der Waals surface area contributed by atoms with Crippen molar-refractivity contribution in [1.29, 1.82) is 0 Å². The van der Waals surface area contributed by atoms with Crippen molar-refractivity contribution in [3.05, 3.63) is 66.2 Å². The third-order valence-corrected chi connectivity index (χ3v) is 5.59. The number of hydrogen-bond acceptors (Lipinski definition) is 2. The molecule has 4 heteroatoms. The summed E-state index contributed by atoms with van der Waals surface area (Å²) in [6.07, 6.45) is 0.777. The van der Waals surface area contributed by atoms with Gasteiger partial charge in [0, 0.05) is 12.6 Å². The summed E-state index contributed by atoms with van der Waals surface area (Å²) in [6.45, 7) is 4.35. The van der Waals surface area contributed by atoms with E-state index in [1.165, 1.54) is 0 Å². The van der Waals surface area contributed by atoms with E-state index in [-0.39, 0.29) is 6.04 Å². The Morgan fingerprint density at radius 3 is 2.00 bits per heavy atom. The highest BCUT2D eigenvalue weighted by molar-refractivity contribution is 7.89. The molecule has 0 saturated carbocycles. The summed E-state index contributed by atoms with van der Waals surface area (Å²) in [5, 5.41) is 0. The molecule has 0 fully saturated rings. The van der Waals surface area contributed by atoms with E-state index in [1.807, 2.05) is 50.2 Å². The summed E-state index contributed by atoms with van der Waals surface area (Å²) in [5.74, 6) is 0. The second kappa shape index (κ2) is 6.87. The molecule has 2 rings (SSSR count). The lowest BCUT2D eigenvalue weighted by molar-refractivity contribution is 0.323. The van der Waals surface area contributed by atoms with Crippen molar-refractivity contribution >= 4 is 10.0 Å². The zero-order chi connectivity index (χ0) is 15.3. The fraction of sp³-hybridized carbons (Fsp3) is 0.294. The van der Waals surface area contributed by atoms with Crippen LogP contribution < -0.4 is 0 Å². The number of sulfonamides is 1. The van der Waals surface area contributed by atoms with Crippen LogP contribution in [0.25, 0.3) is 0 Å². The van der Waals surface area contributed by atoms with Crippen molar-refractivity contribution in [2.24, 2.45) is 0 Å². The first-order valence-electron chi connectivity index (χ1n) is 7.16. The highest BCUT2D eigenvalue weighted by atomic mass is 32.2. The van der Waals surface area contributed by atoms with Gasteiger partial charge >= 0.3 is 0 Å². The van der Waals surface area contributed by atoms with Crippen molar-refractivity contribution in [1.82, 2.24) is 4.31 Å². The lowest BCUT2D eigenvalue weighted by atomic mass is 10.2. The van der Waals surface area contributed by atoms with Gasteiger partial charge in [-0.05, 0) is 31.0 Å². The van der Waals surface area contributed by atoms with E-state index in [9.17, 15) is 8.42 Å². The molecule has 1 atom stereocenters. The Morgan fingerprint density at radius 2 is 1.48 bits per heavy atom. The Labute approximate surface area is 127 Å². The first-order chi connectivity index (χ1) is 10.1. The molecule has 0 aliphatic rings. The van der Waals surface area contributed by atoms with Crippen LogP contribution in [0.4, 0.5) is 0 Å². The van der Waals surface area contributed by atoms with Crippen LogP contribution >= 0.6 is 0 Å². The van der Waals surface area contributed by atoms with Crippen LogP contribution in [0.2, 0.25) is 0 Å². The van der Waals surface area contributed by atoms with Gasteiger partial charge in [0.1, 0.15) is 0 Å². The molecule has 21 heavy (non-hydrogen) atoms. The maximum Gasteiger partial charge on any atom is 0.243 e. The van der Waals surface area contributed by atoms with E-state index in [4.69, 9.17) is 0 Å². The molecule has 0 radical (unpaired) electrons. The number of rotatable bonds is 6. The number of nitrogens with zero attached hydrogens (tertiary/aromatic N) is 1. The van der Waals surface area contributed by atoms with Gasteiger partial charge in [0.2, 0.25) is 10.0 Å². The predicted molar refractivity (Wildman–Crippen MR) is 85.4 cm³/mol. The van der Waals surface area contributed by atoms with Crippen LogP contribution in [0.15, 0.2) is 65.6 Å². The minimum atomic E-state index is -3.48. The second-order valence-electron chi connectivity index (χ2n) is 5.11. The van der Waals surface area contributed by atoms with Crippen molar-refractivity contribution in [3.8, 4) is 0 Å². The smallest absolute Gasteiger partial charge is 0.207 e. The Hall–Kier alpha value is -1.65. The van der Waals surface area contributed by atoms with Gasteiger partial charge in [-0.2, -0.15) is 4.31 Å². The molecule has 3 nitrogen and oxygen atoms in total. The highest BCUT2D eigenvalue weighted by Gasteiger charge is 2.28. The van der Waals surface area contributed by atoms with Gasteiger partial charge in [-0.1, -0.05) is 55.5 Å². The van der Waals surface area contributed by atoms with Crippen molar-refractivity contribution in [2.45, 2.75) is 37.8 Å². The van der Waals surface area contributed by atoms with Crippen LogP contribution in [0.1, 0.15) is 25.8 Å². The fourth-order valence-electron chi connectivity index (χ4n) is 2.17. The van der Waals surface area contributed by atoms with E-state index < -0.39 is 10.0 Å². The Morgan fingerprint density at radius 1 is 0.952 bits per heavy atom. The lowest BCUT2D eigenvalue weighted by Crippen LogP contribution is -2.37. The third kappa shape index (κ3) is 3.71. The van der Waals surface area contributed by atoms with Crippen LogP contribution in [0.3, 0.4) is 0 Å². The molecule has 0 amide bonds. The topological polar surface area (TPSA) is 37.4 Å². The van der Waals surface area contributed by atoms with Gasteiger partial charge in [-0.15, -0.1) is 0 Å². The molecule has 1 unspecified atom stereocenters. The van der Waals surface area contributed by atoms with Gasteiger partial charge in [0.05, 0.1) is 4.90 Å². The van der Waals surface area contributed by atoms with Crippen LogP contribution in [0.5, 0.6) is 0 Å². The van der Waals surface area contributed by atoms with E-state index in [1.54, 1.807) is 28.6 Å². The first-order valence-corrected chi connectivity index (χ1v) is 8.60. The van der Waals surface area contributed by atoms with Gasteiger partial charge < -0.3 is 0 Å². The monoisotopic (exact) mass is 303 g/mol. The van der Waals surface area contributed by atoms with Crippen molar-refractivity contribution in [3.63, 3.8) is 0 Å². The summed E-state index contributed by atoms with van der Waals surface area (Å²) < 4.78 is 27.3. The molecule has 0 aromatic heterocycles.